The molecule has 0 saturated heterocycles. The second-order valence-corrected chi connectivity index (χ2v) is 4.19. The number of nitrogens with one attached hydrogen (secondary N) is 1. The Labute approximate surface area is 96.4 Å². The lowest BCUT2D eigenvalue weighted by atomic mass is 9.93. The zero-order valence-corrected chi connectivity index (χ0v) is 9.70. The molecule has 1 aromatic carbocycles. The second-order valence-electron chi connectivity index (χ2n) is 4.19. The maximum Gasteiger partial charge on any atom is 0.124 e. The van der Waals surface area contributed by atoms with E-state index in [1.54, 1.807) is 0 Å². The van der Waals surface area contributed by atoms with Crippen molar-refractivity contribution in [3.63, 3.8) is 0 Å². The van der Waals surface area contributed by atoms with E-state index in [4.69, 9.17) is 4.74 Å². The van der Waals surface area contributed by atoms with Gasteiger partial charge < -0.3 is 15.2 Å². The molecule has 0 amide bonds. The average molecular weight is 221 g/mol. The molecule has 0 heterocycles. The molecule has 0 aromatic heterocycles. The minimum absolute atomic E-state index is 0.0233. The third-order valence-corrected chi connectivity index (χ3v) is 3.01. The summed E-state index contributed by atoms with van der Waals surface area (Å²) in [7, 11) is 0. The van der Waals surface area contributed by atoms with Crippen molar-refractivity contribution in [2.45, 2.75) is 38.8 Å². The average Bonchev–Trinajstić information content (AvgIpc) is 2.25. The Morgan fingerprint density at radius 3 is 2.81 bits per heavy atom. The maximum absolute atomic E-state index is 9.27. The van der Waals surface area contributed by atoms with Crippen molar-refractivity contribution >= 4 is 5.69 Å². The molecule has 2 rings (SSSR count). The van der Waals surface area contributed by atoms with Gasteiger partial charge in [-0.2, -0.15) is 0 Å². The number of aliphatic hydroxyl groups is 1. The molecule has 1 saturated carbocycles. The predicted octanol–water partition coefficient (Wildman–Crippen LogP) is 2.54. The summed E-state index contributed by atoms with van der Waals surface area (Å²) in [5.41, 5.74) is 1.93. The normalized spacial score (nSPS) is 15.6. The van der Waals surface area contributed by atoms with Gasteiger partial charge in [-0.1, -0.05) is 0 Å². The van der Waals surface area contributed by atoms with Crippen LogP contribution in [0.3, 0.4) is 0 Å². The van der Waals surface area contributed by atoms with Crippen molar-refractivity contribution in [2.24, 2.45) is 0 Å². The number of benzene rings is 1. The summed E-state index contributed by atoms with van der Waals surface area (Å²) in [4.78, 5) is 0. The highest BCUT2D eigenvalue weighted by atomic mass is 16.5. The smallest absolute Gasteiger partial charge is 0.124 e. The van der Waals surface area contributed by atoms with Crippen LogP contribution in [0.5, 0.6) is 5.75 Å². The molecule has 0 spiro atoms. The SMILES string of the molecule is CCOc1ccc(NC2CCC2)cc1CO. The van der Waals surface area contributed by atoms with Crippen LogP contribution in [0, 0.1) is 0 Å². The van der Waals surface area contributed by atoms with Crippen LogP contribution >= 0.6 is 0 Å². The molecule has 1 aromatic rings. The number of anilines is 1. The van der Waals surface area contributed by atoms with Gasteiger partial charge in [0.25, 0.3) is 0 Å². The van der Waals surface area contributed by atoms with Crippen LogP contribution in [0.15, 0.2) is 18.2 Å². The summed E-state index contributed by atoms with van der Waals surface area (Å²) in [5, 5.41) is 12.7. The molecular weight excluding hydrogens is 202 g/mol. The second kappa shape index (κ2) is 5.21. The fourth-order valence-electron chi connectivity index (χ4n) is 1.88. The fraction of sp³-hybridized carbons (Fsp3) is 0.538. The molecule has 3 nitrogen and oxygen atoms in total. The van der Waals surface area contributed by atoms with E-state index in [9.17, 15) is 5.11 Å². The van der Waals surface area contributed by atoms with Crippen molar-refractivity contribution < 1.29 is 9.84 Å². The van der Waals surface area contributed by atoms with Crippen LogP contribution in [0.1, 0.15) is 31.7 Å². The van der Waals surface area contributed by atoms with Crippen molar-refractivity contribution in [3.05, 3.63) is 23.8 Å². The van der Waals surface area contributed by atoms with Crippen LogP contribution in [0.4, 0.5) is 5.69 Å². The Kier molecular flexibility index (Phi) is 3.67. The van der Waals surface area contributed by atoms with E-state index in [0.29, 0.717) is 12.6 Å². The summed E-state index contributed by atoms with van der Waals surface area (Å²) in [6.45, 7) is 2.60. The monoisotopic (exact) mass is 221 g/mol. The van der Waals surface area contributed by atoms with Gasteiger partial charge in [-0.15, -0.1) is 0 Å². The summed E-state index contributed by atoms with van der Waals surface area (Å²) in [5.74, 6) is 0.782. The molecule has 0 bridgehead atoms. The molecule has 0 aliphatic heterocycles. The first-order valence-electron chi connectivity index (χ1n) is 5.96. The largest absolute Gasteiger partial charge is 0.494 e. The van der Waals surface area contributed by atoms with E-state index < -0.39 is 0 Å². The van der Waals surface area contributed by atoms with E-state index in [1.807, 2.05) is 25.1 Å². The highest BCUT2D eigenvalue weighted by Gasteiger charge is 2.17. The molecule has 0 radical (unpaired) electrons. The summed E-state index contributed by atoms with van der Waals surface area (Å²) in [6.07, 6.45) is 3.82. The Hall–Kier alpha value is -1.22. The highest BCUT2D eigenvalue weighted by Crippen LogP contribution is 2.27. The van der Waals surface area contributed by atoms with E-state index in [0.717, 1.165) is 17.0 Å². The molecular formula is C13H19NO2. The van der Waals surface area contributed by atoms with Gasteiger partial charge in [-0.3, -0.25) is 0 Å². The topological polar surface area (TPSA) is 41.5 Å². The van der Waals surface area contributed by atoms with Gasteiger partial charge in [0.1, 0.15) is 5.75 Å². The predicted molar refractivity (Wildman–Crippen MR) is 64.8 cm³/mol. The van der Waals surface area contributed by atoms with E-state index >= 15 is 0 Å². The third kappa shape index (κ3) is 2.47. The van der Waals surface area contributed by atoms with E-state index in [2.05, 4.69) is 5.32 Å². The van der Waals surface area contributed by atoms with E-state index in [1.165, 1.54) is 19.3 Å². The highest BCUT2D eigenvalue weighted by molar-refractivity contribution is 5.51. The number of hydrogen-bond acceptors (Lipinski definition) is 3. The Bertz CT molecular complexity index is 348. The lowest BCUT2D eigenvalue weighted by Crippen LogP contribution is -2.26. The minimum Gasteiger partial charge on any atom is -0.494 e. The van der Waals surface area contributed by atoms with Crippen LogP contribution < -0.4 is 10.1 Å². The molecule has 0 atom stereocenters. The lowest BCUT2D eigenvalue weighted by molar-refractivity contribution is 0.267. The van der Waals surface area contributed by atoms with Crippen LogP contribution in [-0.2, 0) is 6.61 Å². The number of aliphatic hydroxyl groups excluding tert-OH is 1. The van der Waals surface area contributed by atoms with Gasteiger partial charge in [0.15, 0.2) is 0 Å². The van der Waals surface area contributed by atoms with Crippen LogP contribution in [-0.4, -0.2) is 17.8 Å². The summed E-state index contributed by atoms with van der Waals surface area (Å²) in [6, 6.07) is 6.53. The first-order chi connectivity index (χ1) is 7.83. The molecule has 1 fully saturated rings. The summed E-state index contributed by atoms with van der Waals surface area (Å²) >= 11 is 0. The first-order valence-corrected chi connectivity index (χ1v) is 5.96. The van der Waals surface area contributed by atoms with Gasteiger partial charge in [0.05, 0.1) is 13.2 Å². The molecule has 1 aliphatic carbocycles. The van der Waals surface area contributed by atoms with Gasteiger partial charge in [0, 0.05) is 17.3 Å². The zero-order valence-electron chi connectivity index (χ0n) is 9.70. The maximum atomic E-state index is 9.27. The van der Waals surface area contributed by atoms with Crippen LogP contribution in [0.2, 0.25) is 0 Å². The molecule has 1 aliphatic rings. The number of hydrogen-bond donors (Lipinski definition) is 2. The lowest BCUT2D eigenvalue weighted by Gasteiger charge is -2.27. The first kappa shape index (κ1) is 11.3. The van der Waals surface area contributed by atoms with Crippen LogP contribution in [0.25, 0.3) is 0 Å². The number of ether oxygens (including phenoxy) is 1. The standard InChI is InChI=1S/C13H19NO2/c1-2-16-13-7-6-12(8-10(13)9-15)14-11-4-3-5-11/h6-8,11,14-15H,2-5,9H2,1H3. The van der Waals surface area contributed by atoms with Crippen molar-refractivity contribution in [2.75, 3.05) is 11.9 Å². The molecule has 2 N–H and O–H groups in total. The molecule has 3 heteroatoms. The number of rotatable bonds is 5. The summed E-state index contributed by atoms with van der Waals surface area (Å²) < 4.78 is 5.44. The van der Waals surface area contributed by atoms with Gasteiger partial charge in [0.2, 0.25) is 0 Å². The molecule has 88 valence electrons. The zero-order chi connectivity index (χ0) is 11.4. The minimum atomic E-state index is 0.0233. The van der Waals surface area contributed by atoms with Crippen molar-refractivity contribution in [1.29, 1.82) is 0 Å². The fourth-order valence-corrected chi connectivity index (χ4v) is 1.88. The quantitative estimate of drug-likeness (QED) is 0.803. The van der Waals surface area contributed by atoms with Crippen molar-refractivity contribution in [1.82, 2.24) is 0 Å². The van der Waals surface area contributed by atoms with E-state index in [-0.39, 0.29) is 6.61 Å². The molecule has 0 unspecified atom stereocenters. The Morgan fingerprint density at radius 2 is 2.25 bits per heavy atom. The van der Waals surface area contributed by atoms with Gasteiger partial charge in [-0.25, -0.2) is 0 Å². The third-order valence-electron chi connectivity index (χ3n) is 3.01. The van der Waals surface area contributed by atoms with Gasteiger partial charge in [-0.05, 0) is 44.4 Å². The van der Waals surface area contributed by atoms with Gasteiger partial charge >= 0.3 is 0 Å². The Balaban J connectivity index is 2.08. The Morgan fingerprint density at radius 1 is 1.44 bits per heavy atom. The molecule has 16 heavy (non-hydrogen) atoms. The van der Waals surface area contributed by atoms with Crippen molar-refractivity contribution in [3.8, 4) is 5.75 Å².